The van der Waals surface area contributed by atoms with Gasteiger partial charge in [-0.2, -0.15) is 0 Å². The van der Waals surface area contributed by atoms with E-state index in [2.05, 4.69) is 5.32 Å². The lowest BCUT2D eigenvalue weighted by Crippen LogP contribution is -2.50. The minimum Gasteiger partial charge on any atom is -0.495 e. The van der Waals surface area contributed by atoms with Crippen LogP contribution in [0.5, 0.6) is 5.75 Å². The number of hydrogen-bond acceptors (Lipinski definition) is 5. The van der Waals surface area contributed by atoms with Crippen molar-refractivity contribution in [2.75, 3.05) is 32.3 Å². The van der Waals surface area contributed by atoms with E-state index < -0.39 is 12.1 Å². The number of benzene rings is 1. The van der Waals surface area contributed by atoms with E-state index in [-0.39, 0.29) is 30.8 Å². The Morgan fingerprint density at radius 2 is 2.13 bits per heavy atom. The first-order valence-electron chi connectivity index (χ1n) is 7.07. The Morgan fingerprint density at radius 3 is 2.78 bits per heavy atom. The first-order chi connectivity index (χ1) is 10.6. The third-order valence-electron chi connectivity index (χ3n) is 3.58. The molecule has 1 aliphatic rings. The fourth-order valence-corrected chi connectivity index (χ4v) is 2.44. The van der Waals surface area contributed by atoms with Crippen molar-refractivity contribution in [3.05, 3.63) is 24.3 Å². The summed E-state index contributed by atoms with van der Waals surface area (Å²) in [6.45, 7) is 0.632. The molecular formula is C15H22ClN3O4. The molecule has 0 aliphatic carbocycles. The van der Waals surface area contributed by atoms with Crippen molar-refractivity contribution in [2.24, 2.45) is 5.73 Å². The number of carbonyl (C=O) groups is 2. The molecule has 1 heterocycles. The second-order valence-electron chi connectivity index (χ2n) is 5.07. The lowest BCUT2D eigenvalue weighted by molar-refractivity contribution is -0.128. The summed E-state index contributed by atoms with van der Waals surface area (Å²) in [5.74, 6) is 0.0726. The van der Waals surface area contributed by atoms with Crippen LogP contribution in [-0.4, -0.2) is 51.3 Å². The number of para-hydroxylation sites is 2. The van der Waals surface area contributed by atoms with Gasteiger partial charge >= 0.3 is 0 Å². The highest BCUT2D eigenvalue weighted by Gasteiger charge is 2.35. The molecule has 2 unspecified atom stereocenters. The smallest absolute Gasteiger partial charge is 0.249 e. The molecule has 0 aromatic heterocycles. The molecule has 2 amide bonds. The number of nitrogens with two attached hydrogens (primary N) is 1. The molecule has 1 saturated heterocycles. The fraction of sp³-hybridized carbons (Fsp3) is 0.467. The number of nitrogens with one attached hydrogen (secondary N) is 1. The highest BCUT2D eigenvalue weighted by Crippen LogP contribution is 2.30. The maximum absolute atomic E-state index is 12.5. The average Bonchev–Trinajstić information content (AvgIpc) is 2.88. The van der Waals surface area contributed by atoms with Crippen LogP contribution in [0, 0.1) is 0 Å². The van der Waals surface area contributed by atoms with Gasteiger partial charge in [0.1, 0.15) is 17.8 Å². The maximum Gasteiger partial charge on any atom is 0.249 e. The largest absolute Gasteiger partial charge is 0.495 e. The molecule has 0 saturated carbocycles. The average molecular weight is 344 g/mol. The Labute approximate surface area is 141 Å². The summed E-state index contributed by atoms with van der Waals surface area (Å²) in [6, 6.07) is 5.94. The zero-order valence-electron chi connectivity index (χ0n) is 13.2. The molecule has 0 bridgehead atoms. The van der Waals surface area contributed by atoms with Crippen molar-refractivity contribution < 1.29 is 19.1 Å². The van der Waals surface area contributed by atoms with Crippen molar-refractivity contribution >= 4 is 29.9 Å². The van der Waals surface area contributed by atoms with Gasteiger partial charge in [-0.3, -0.25) is 9.59 Å². The van der Waals surface area contributed by atoms with Crippen molar-refractivity contribution in [1.29, 1.82) is 0 Å². The van der Waals surface area contributed by atoms with Crippen LogP contribution in [0.4, 0.5) is 5.69 Å². The molecule has 0 radical (unpaired) electrons. The van der Waals surface area contributed by atoms with Gasteiger partial charge in [-0.25, -0.2) is 0 Å². The standard InChI is InChI=1S/C15H21N3O4.ClH/c1-21-9-10(16)14(19)17-11-7-8-18(15(11)20)12-5-3-4-6-13(12)22-2;/h3-6,10-11H,7-9,16H2,1-2H3,(H,17,19);1H. The van der Waals surface area contributed by atoms with Gasteiger partial charge in [-0.05, 0) is 18.6 Å². The number of halogens is 1. The summed E-state index contributed by atoms with van der Waals surface area (Å²) in [5.41, 5.74) is 6.36. The van der Waals surface area contributed by atoms with Gasteiger partial charge in [0.25, 0.3) is 0 Å². The zero-order valence-corrected chi connectivity index (χ0v) is 14.0. The molecule has 128 valence electrons. The van der Waals surface area contributed by atoms with E-state index in [0.717, 1.165) is 0 Å². The molecule has 0 spiro atoms. The molecule has 2 rings (SSSR count). The zero-order chi connectivity index (χ0) is 16.1. The maximum atomic E-state index is 12.5. The van der Waals surface area contributed by atoms with Crippen LogP contribution in [0.25, 0.3) is 0 Å². The molecular weight excluding hydrogens is 322 g/mol. The summed E-state index contributed by atoms with van der Waals surface area (Å²) in [6.07, 6.45) is 0.530. The van der Waals surface area contributed by atoms with Crippen LogP contribution >= 0.6 is 12.4 Å². The van der Waals surface area contributed by atoms with Crippen LogP contribution < -0.4 is 20.7 Å². The van der Waals surface area contributed by atoms with Crippen molar-refractivity contribution in [3.8, 4) is 5.75 Å². The summed E-state index contributed by atoms with van der Waals surface area (Å²) >= 11 is 0. The predicted octanol–water partition coefficient (Wildman–Crippen LogP) is 0.312. The number of methoxy groups -OCH3 is 2. The van der Waals surface area contributed by atoms with E-state index >= 15 is 0 Å². The molecule has 1 aromatic carbocycles. The van der Waals surface area contributed by atoms with Gasteiger partial charge in [0.15, 0.2) is 0 Å². The van der Waals surface area contributed by atoms with E-state index in [1.165, 1.54) is 7.11 Å². The summed E-state index contributed by atoms with van der Waals surface area (Å²) in [4.78, 5) is 26.0. The lowest BCUT2D eigenvalue weighted by atomic mass is 10.2. The molecule has 1 aliphatic heterocycles. The number of hydrogen-bond donors (Lipinski definition) is 2. The van der Waals surface area contributed by atoms with Gasteiger partial charge in [0.2, 0.25) is 11.8 Å². The monoisotopic (exact) mass is 343 g/mol. The van der Waals surface area contributed by atoms with Crippen molar-refractivity contribution in [1.82, 2.24) is 5.32 Å². The van der Waals surface area contributed by atoms with Gasteiger partial charge in [-0.1, -0.05) is 12.1 Å². The Balaban J connectivity index is 0.00000264. The molecule has 8 heteroatoms. The molecule has 23 heavy (non-hydrogen) atoms. The van der Waals surface area contributed by atoms with Crippen molar-refractivity contribution in [2.45, 2.75) is 18.5 Å². The Bertz CT molecular complexity index is 555. The number of ether oxygens (including phenoxy) is 2. The Morgan fingerprint density at radius 1 is 1.43 bits per heavy atom. The van der Waals surface area contributed by atoms with Crippen LogP contribution in [0.2, 0.25) is 0 Å². The summed E-state index contributed by atoms with van der Waals surface area (Å²) < 4.78 is 10.1. The number of amides is 2. The van der Waals surface area contributed by atoms with E-state index in [9.17, 15) is 9.59 Å². The van der Waals surface area contributed by atoms with Gasteiger partial charge in [0, 0.05) is 13.7 Å². The SMILES string of the molecule is COCC(N)C(=O)NC1CCN(c2ccccc2OC)C1=O.Cl. The quantitative estimate of drug-likeness (QED) is 0.775. The van der Waals surface area contributed by atoms with Gasteiger partial charge in [0.05, 0.1) is 19.4 Å². The Hall–Kier alpha value is -1.83. The fourth-order valence-electron chi connectivity index (χ4n) is 2.44. The van der Waals surface area contributed by atoms with Crippen molar-refractivity contribution in [3.63, 3.8) is 0 Å². The molecule has 7 nitrogen and oxygen atoms in total. The second kappa shape index (κ2) is 8.71. The van der Waals surface area contributed by atoms with Gasteiger partial charge < -0.3 is 25.4 Å². The summed E-state index contributed by atoms with van der Waals surface area (Å²) in [7, 11) is 3.03. The minimum atomic E-state index is -0.780. The van der Waals surface area contributed by atoms with Gasteiger partial charge in [-0.15, -0.1) is 12.4 Å². The number of rotatable bonds is 6. The van der Waals surface area contributed by atoms with Crippen LogP contribution in [0.15, 0.2) is 24.3 Å². The number of anilines is 1. The Kier molecular flexibility index (Phi) is 7.28. The minimum absolute atomic E-state index is 0. The molecule has 1 aromatic rings. The molecule has 1 fully saturated rings. The third kappa shape index (κ3) is 4.34. The summed E-state index contributed by atoms with van der Waals surface area (Å²) in [5, 5.41) is 2.67. The molecule has 2 atom stereocenters. The first kappa shape index (κ1) is 19.2. The highest BCUT2D eigenvalue weighted by molar-refractivity contribution is 6.02. The normalized spacial score (nSPS) is 18.3. The van der Waals surface area contributed by atoms with Crippen LogP contribution in [0.3, 0.4) is 0 Å². The molecule has 3 N–H and O–H groups in total. The van der Waals surface area contributed by atoms with E-state index in [4.69, 9.17) is 15.2 Å². The van der Waals surface area contributed by atoms with E-state index in [1.807, 2.05) is 18.2 Å². The van der Waals surface area contributed by atoms with E-state index in [1.54, 1.807) is 18.1 Å². The predicted molar refractivity (Wildman–Crippen MR) is 89.0 cm³/mol. The third-order valence-corrected chi connectivity index (χ3v) is 3.58. The highest BCUT2D eigenvalue weighted by atomic mass is 35.5. The second-order valence-corrected chi connectivity index (χ2v) is 5.07. The number of carbonyl (C=O) groups excluding carboxylic acids is 2. The lowest BCUT2D eigenvalue weighted by Gasteiger charge is -2.20. The van der Waals surface area contributed by atoms with E-state index in [0.29, 0.717) is 24.4 Å². The topological polar surface area (TPSA) is 93.9 Å². The van der Waals surface area contributed by atoms with Crippen LogP contribution in [0.1, 0.15) is 6.42 Å². The number of nitrogens with zero attached hydrogens (tertiary/aromatic N) is 1. The first-order valence-corrected chi connectivity index (χ1v) is 7.07. The van der Waals surface area contributed by atoms with Crippen LogP contribution in [-0.2, 0) is 14.3 Å².